The summed E-state index contributed by atoms with van der Waals surface area (Å²) in [6.45, 7) is 0. The summed E-state index contributed by atoms with van der Waals surface area (Å²) in [5, 5.41) is 4.13. The van der Waals surface area contributed by atoms with Gasteiger partial charge >= 0.3 is 0 Å². The Morgan fingerprint density at radius 1 is 1.41 bits per heavy atom. The van der Waals surface area contributed by atoms with E-state index in [-0.39, 0.29) is 0 Å². The number of hydrogen-bond acceptors (Lipinski definition) is 2. The van der Waals surface area contributed by atoms with Crippen molar-refractivity contribution in [2.75, 3.05) is 0 Å². The molecule has 0 spiro atoms. The van der Waals surface area contributed by atoms with Crippen LogP contribution >= 0.6 is 0 Å². The highest BCUT2D eigenvalue weighted by Gasteiger charge is 2.66. The van der Waals surface area contributed by atoms with Gasteiger partial charge in [-0.1, -0.05) is 0 Å². The van der Waals surface area contributed by atoms with Crippen LogP contribution in [-0.2, 0) is 18.3 Å². The third kappa shape index (κ3) is 1.34. The van der Waals surface area contributed by atoms with Gasteiger partial charge in [0.05, 0.1) is 6.20 Å². The van der Waals surface area contributed by atoms with Gasteiger partial charge in [-0.15, -0.1) is 0 Å². The van der Waals surface area contributed by atoms with E-state index in [9.17, 15) is 4.79 Å². The van der Waals surface area contributed by atoms with Crippen molar-refractivity contribution in [2.45, 2.75) is 25.7 Å². The van der Waals surface area contributed by atoms with E-state index >= 15 is 0 Å². The average molecular weight is 230 g/mol. The summed E-state index contributed by atoms with van der Waals surface area (Å²) in [7, 11) is 1.90. The lowest BCUT2D eigenvalue weighted by Gasteiger charge is -2.06. The van der Waals surface area contributed by atoms with Gasteiger partial charge in [-0.25, -0.2) is 0 Å². The molecule has 1 aromatic rings. The zero-order valence-electron chi connectivity index (χ0n) is 10.2. The standard InChI is InChI=1S/C14H18N2O/c1-16-7-8(6-15-16)4-11(17)14-12-9-2-3-10(5-9)13(12)14/h6-7,9-10,12-14H,2-5H2,1H3. The van der Waals surface area contributed by atoms with E-state index in [1.54, 1.807) is 4.68 Å². The molecule has 3 saturated carbocycles. The molecule has 4 atom stereocenters. The second kappa shape index (κ2) is 3.21. The number of aryl methyl sites for hydroxylation is 1. The van der Waals surface area contributed by atoms with Gasteiger partial charge in [-0.05, 0) is 48.5 Å². The molecule has 0 aromatic carbocycles. The zero-order chi connectivity index (χ0) is 11.6. The minimum Gasteiger partial charge on any atom is -0.299 e. The second-order valence-corrected chi connectivity index (χ2v) is 6.18. The van der Waals surface area contributed by atoms with Gasteiger partial charge in [0.2, 0.25) is 0 Å². The quantitative estimate of drug-likeness (QED) is 0.794. The fraction of sp³-hybridized carbons (Fsp3) is 0.714. The third-order valence-corrected chi connectivity index (χ3v) is 5.24. The lowest BCUT2D eigenvalue weighted by molar-refractivity contribution is -0.120. The van der Waals surface area contributed by atoms with Gasteiger partial charge in [-0.3, -0.25) is 9.48 Å². The molecule has 1 aromatic heterocycles. The molecule has 0 saturated heterocycles. The summed E-state index contributed by atoms with van der Waals surface area (Å²) < 4.78 is 1.78. The molecule has 3 aliphatic carbocycles. The molecular formula is C14H18N2O. The van der Waals surface area contributed by atoms with E-state index in [4.69, 9.17) is 0 Å². The Morgan fingerprint density at radius 3 is 2.71 bits per heavy atom. The van der Waals surface area contributed by atoms with E-state index in [0.29, 0.717) is 18.1 Å². The van der Waals surface area contributed by atoms with Gasteiger partial charge in [0, 0.05) is 25.6 Å². The highest BCUT2D eigenvalue weighted by Crippen LogP contribution is 2.69. The fourth-order valence-corrected chi connectivity index (χ4v) is 4.64. The van der Waals surface area contributed by atoms with Crippen molar-refractivity contribution in [3.05, 3.63) is 18.0 Å². The van der Waals surface area contributed by atoms with Gasteiger partial charge in [0.25, 0.3) is 0 Å². The van der Waals surface area contributed by atoms with Gasteiger partial charge < -0.3 is 0 Å². The summed E-state index contributed by atoms with van der Waals surface area (Å²) in [6, 6.07) is 0. The van der Waals surface area contributed by atoms with E-state index < -0.39 is 0 Å². The lowest BCUT2D eigenvalue weighted by atomic mass is 9.97. The Labute approximate surface area is 101 Å². The van der Waals surface area contributed by atoms with Crippen molar-refractivity contribution in [1.29, 1.82) is 0 Å². The van der Waals surface area contributed by atoms with Crippen molar-refractivity contribution in [3.8, 4) is 0 Å². The van der Waals surface area contributed by atoms with Crippen molar-refractivity contribution in [1.82, 2.24) is 9.78 Å². The number of aromatic nitrogens is 2. The summed E-state index contributed by atoms with van der Waals surface area (Å²) in [4.78, 5) is 12.3. The van der Waals surface area contributed by atoms with E-state index in [2.05, 4.69) is 5.10 Å². The van der Waals surface area contributed by atoms with Crippen LogP contribution in [0, 0.1) is 29.6 Å². The molecular weight excluding hydrogens is 212 g/mol. The predicted molar refractivity (Wildman–Crippen MR) is 63.2 cm³/mol. The lowest BCUT2D eigenvalue weighted by Crippen LogP contribution is -2.11. The fourth-order valence-electron chi connectivity index (χ4n) is 4.64. The van der Waals surface area contributed by atoms with Crippen LogP contribution in [0.1, 0.15) is 24.8 Å². The SMILES string of the molecule is Cn1cc(CC(=O)C2C3C4CCC(C4)C23)cn1. The monoisotopic (exact) mass is 230 g/mol. The van der Waals surface area contributed by atoms with E-state index in [1.807, 2.05) is 19.4 Å². The van der Waals surface area contributed by atoms with Crippen LogP contribution < -0.4 is 0 Å². The highest BCUT2D eigenvalue weighted by atomic mass is 16.1. The first-order chi connectivity index (χ1) is 8.24. The van der Waals surface area contributed by atoms with Crippen LogP contribution in [0.4, 0.5) is 0 Å². The molecule has 4 rings (SSSR count). The number of Topliss-reactive ketones (excluding diaryl/α,β-unsaturated/α-hetero) is 1. The molecule has 0 radical (unpaired) electrons. The van der Waals surface area contributed by atoms with Crippen LogP contribution in [0.5, 0.6) is 0 Å². The Balaban J connectivity index is 1.46. The predicted octanol–water partition coefficient (Wildman–Crippen LogP) is 1.82. The van der Waals surface area contributed by atoms with Crippen molar-refractivity contribution in [2.24, 2.45) is 36.6 Å². The molecule has 3 heteroatoms. The number of hydrogen-bond donors (Lipinski definition) is 0. The number of carbonyl (C=O) groups excluding carboxylic acids is 1. The van der Waals surface area contributed by atoms with E-state index in [1.165, 1.54) is 19.3 Å². The van der Waals surface area contributed by atoms with Crippen LogP contribution in [0.3, 0.4) is 0 Å². The first-order valence-corrected chi connectivity index (χ1v) is 6.74. The van der Waals surface area contributed by atoms with Crippen LogP contribution in [0.2, 0.25) is 0 Å². The number of fused-ring (bicyclic) bond motifs is 5. The Hall–Kier alpha value is -1.12. The van der Waals surface area contributed by atoms with Crippen LogP contribution in [0.15, 0.2) is 12.4 Å². The molecule has 90 valence electrons. The minimum absolute atomic E-state index is 0.418. The molecule has 4 unspecified atom stereocenters. The maximum Gasteiger partial charge on any atom is 0.141 e. The van der Waals surface area contributed by atoms with Crippen LogP contribution in [-0.4, -0.2) is 15.6 Å². The molecule has 1 heterocycles. The highest BCUT2D eigenvalue weighted by molar-refractivity contribution is 5.86. The maximum absolute atomic E-state index is 12.3. The molecule has 3 nitrogen and oxygen atoms in total. The second-order valence-electron chi connectivity index (χ2n) is 6.18. The molecule has 2 bridgehead atoms. The summed E-state index contributed by atoms with van der Waals surface area (Å²) in [6.07, 6.45) is 8.59. The number of nitrogens with zero attached hydrogens (tertiary/aromatic N) is 2. The van der Waals surface area contributed by atoms with Gasteiger partial charge in [0.1, 0.15) is 5.78 Å². The molecule has 17 heavy (non-hydrogen) atoms. The average Bonchev–Trinajstić information content (AvgIpc) is 2.65. The number of rotatable bonds is 3. The van der Waals surface area contributed by atoms with Crippen molar-refractivity contribution in [3.63, 3.8) is 0 Å². The molecule has 0 aliphatic heterocycles. The summed E-state index contributed by atoms with van der Waals surface area (Å²) >= 11 is 0. The number of ketones is 1. The Morgan fingerprint density at radius 2 is 2.12 bits per heavy atom. The third-order valence-electron chi connectivity index (χ3n) is 5.24. The molecule has 0 N–H and O–H groups in total. The first kappa shape index (κ1) is 9.86. The largest absolute Gasteiger partial charge is 0.299 e. The molecule has 3 aliphatic rings. The molecule has 3 fully saturated rings. The number of carbonyl (C=O) groups is 1. The normalized spacial score (nSPS) is 41.6. The van der Waals surface area contributed by atoms with Gasteiger partial charge in [-0.2, -0.15) is 5.10 Å². The minimum atomic E-state index is 0.418. The van der Waals surface area contributed by atoms with Crippen LogP contribution in [0.25, 0.3) is 0 Å². The molecule has 0 amide bonds. The van der Waals surface area contributed by atoms with E-state index in [0.717, 1.165) is 29.2 Å². The maximum atomic E-state index is 12.3. The first-order valence-electron chi connectivity index (χ1n) is 6.74. The summed E-state index contributed by atoms with van der Waals surface area (Å²) in [5.41, 5.74) is 1.08. The van der Waals surface area contributed by atoms with Crippen molar-refractivity contribution >= 4 is 5.78 Å². The topological polar surface area (TPSA) is 34.9 Å². The smallest absolute Gasteiger partial charge is 0.141 e. The van der Waals surface area contributed by atoms with Crippen molar-refractivity contribution < 1.29 is 4.79 Å². The summed E-state index contributed by atoms with van der Waals surface area (Å²) in [5.74, 6) is 4.24. The van der Waals surface area contributed by atoms with Gasteiger partial charge in [0.15, 0.2) is 0 Å². The Bertz CT molecular complexity index is 462. The Kier molecular flexibility index (Phi) is 1.86. The zero-order valence-corrected chi connectivity index (χ0v) is 10.2.